The Morgan fingerprint density at radius 3 is 3.08 bits per heavy atom. The summed E-state index contributed by atoms with van der Waals surface area (Å²) >= 11 is 0. The highest BCUT2D eigenvalue weighted by molar-refractivity contribution is 5.78. The van der Waals surface area contributed by atoms with E-state index in [1.54, 1.807) is 19.6 Å². The Kier molecular flexibility index (Phi) is 1.77. The molecule has 2 rings (SSSR count). The number of benzene rings is 1. The average Bonchev–Trinajstić information content (AvgIpc) is 2.59. The van der Waals surface area contributed by atoms with E-state index in [0.29, 0.717) is 0 Å². The third-order valence-corrected chi connectivity index (χ3v) is 1.98. The Bertz CT molecular complexity index is 445. The monoisotopic (exact) mass is 174 g/mol. The van der Waals surface area contributed by atoms with Gasteiger partial charge in [0.15, 0.2) is 0 Å². The number of methoxy groups -OCH3 is 1. The van der Waals surface area contributed by atoms with Crippen molar-refractivity contribution in [3.8, 4) is 5.75 Å². The molecular formula is C10H10N2O. The van der Waals surface area contributed by atoms with E-state index in [1.165, 1.54) is 0 Å². The van der Waals surface area contributed by atoms with Gasteiger partial charge in [0.25, 0.3) is 0 Å². The smallest absolute Gasteiger partial charge is 0.121 e. The topological polar surface area (TPSA) is 27.1 Å². The van der Waals surface area contributed by atoms with E-state index >= 15 is 0 Å². The van der Waals surface area contributed by atoms with E-state index in [-0.39, 0.29) is 0 Å². The zero-order valence-electron chi connectivity index (χ0n) is 7.40. The number of nitrogens with zero attached hydrogens (tertiary/aromatic N) is 2. The molecule has 1 heterocycles. The van der Waals surface area contributed by atoms with Crippen LogP contribution in [0.15, 0.2) is 31.1 Å². The first-order valence-corrected chi connectivity index (χ1v) is 3.98. The average molecular weight is 174 g/mol. The molecule has 3 nitrogen and oxygen atoms in total. The lowest BCUT2D eigenvalue weighted by Gasteiger charge is -1.98. The van der Waals surface area contributed by atoms with Crippen LogP contribution in [0.5, 0.6) is 5.75 Å². The minimum atomic E-state index is 0.821. The van der Waals surface area contributed by atoms with Crippen molar-refractivity contribution in [1.82, 2.24) is 9.55 Å². The fourth-order valence-corrected chi connectivity index (χ4v) is 1.28. The highest BCUT2D eigenvalue weighted by Gasteiger charge is 2.00. The van der Waals surface area contributed by atoms with Crippen molar-refractivity contribution >= 4 is 17.2 Å². The van der Waals surface area contributed by atoms with Gasteiger partial charge in [0.05, 0.1) is 24.5 Å². The van der Waals surface area contributed by atoms with Gasteiger partial charge in [-0.05, 0) is 12.1 Å². The highest BCUT2D eigenvalue weighted by Crippen LogP contribution is 2.19. The Morgan fingerprint density at radius 2 is 2.38 bits per heavy atom. The Morgan fingerprint density at radius 1 is 1.54 bits per heavy atom. The summed E-state index contributed by atoms with van der Waals surface area (Å²) in [5.41, 5.74) is 1.95. The summed E-state index contributed by atoms with van der Waals surface area (Å²) in [5, 5.41) is 0. The number of rotatable bonds is 2. The lowest BCUT2D eigenvalue weighted by molar-refractivity contribution is 0.415. The Balaban J connectivity index is 2.67. The van der Waals surface area contributed by atoms with Crippen LogP contribution in [-0.2, 0) is 0 Å². The lowest BCUT2D eigenvalue weighted by Crippen LogP contribution is -1.83. The van der Waals surface area contributed by atoms with E-state index in [2.05, 4.69) is 11.6 Å². The van der Waals surface area contributed by atoms with E-state index in [1.807, 2.05) is 22.8 Å². The molecule has 0 saturated carbocycles. The maximum atomic E-state index is 5.09. The van der Waals surface area contributed by atoms with Crippen molar-refractivity contribution in [2.45, 2.75) is 0 Å². The summed E-state index contributed by atoms with van der Waals surface area (Å²) in [6.07, 6.45) is 3.46. The number of hydrogen-bond acceptors (Lipinski definition) is 2. The molecule has 0 aliphatic heterocycles. The van der Waals surface area contributed by atoms with Crippen LogP contribution in [0.25, 0.3) is 17.2 Å². The molecule has 66 valence electrons. The highest BCUT2D eigenvalue weighted by atomic mass is 16.5. The minimum absolute atomic E-state index is 0.821. The van der Waals surface area contributed by atoms with Gasteiger partial charge in [0.2, 0.25) is 0 Å². The van der Waals surface area contributed by atoms with Crippen LogP contribution in [0.2, 0.25) is 0 Å². The van der Waals surface area contributed by atoms with E-state index < -0.39 is 0 Å². The van der Waals surface area contributed by atoms with Gasteiger partial charge < -0.3 is 9.30 Å². The standard InChI is InChI=1S/C10H10N2O/c1-3-12-7-11-9-6-8(13-2)4-5-10(9)12/h3-7H,1H2,2H3. The summed E-state index contributed by atoms with van der Waals surface area (Å²) in [6, 6.07) is 5.77. The first kappa shape index (κ1) is 7.86. The van der Waals surface area contributed by atoms with Gasteiger partial charge in [-0.2, -0.15) is 0 Å². The predicted molar refractivity (Wildman–Crippen MR) is 52.7 cm³/mol. The Hall–Kier alpha value is -1.77. The molecule has 3 heteroatoms. The zero-order valence-corrected chi connectivity index (χ0v) is 7.40. The molecular weight excluding hydrogens is 164 g/mol. The molecule has 0 amide bonds. The first-order valence-electron chi connectivity index (χ1n) is 3.98. The molecule has 0 atom stereocenters. The number of fused-ring (bicyclic) bond motifs is 1. The van der Waals surface area contributed by atoms with Crippen LogP contribution >= 0.6 is 0 Å². The van der Waals surface area contributed by atoms with Gasteiger partial charge in [-0.3, -0.25) is 0 Å². The van der Waals surface area contributed by atoms with E-state index in [4.69, 9.17) is 4.74 Å². The van der Waals surface area contributed by atoms with Gasteiger partial charge in [-0.15, -0.1) is 0 Å². The normalized spacial score (nSPS) is 10.2. The molecule has 1 aromatic carbocycles. The largest absolute Gasteiger partial charge is 0.497 e. The second-order valence-electron chi connectivity index (χ2n) is 2.69. The number of aromatic nitrogens is 2. The molecule has 0 unspecified atom stereocenters. The second kappa shape index (κ2) is 2.94. The van der Waals surface area contributed by atoms with Crippen molar-refractivity contribution in [2.24, 2.45) is 0 Å². The van der Waals surface area contributed by atoms with Crippen molar-refractivity contribution in [1.29, 1.82) is 0 Å². The Labute approximate surface area is 76.3 Å². The van der Waals surface area contributed by atoms with Gasteiger partial charge in [0, 0.05) is 12.3 Å². The summed E-state index contributed by atoms with van der Waals surface area (Å²) < 4.78 is 6.96. The molecule has 0 saturated heterocycles. The van der Waals surface area contributed by atoms with Crippen molar-refractivity contribution in [2.75, 3.05) is 7.11 Å². The molecule has 0 spiro atoms. The lowest BCUT2D eigenvalue weighted by atomic mass is 10.3. The zero-order chi connectivity index (χ0) is 9.26. The van der Waals surface area contributed by atoms with Crippen molar-refractivity contribution < 1.29 is 4.74 Å². The van der Waals surface area contributed by atoms with Crippen molar-refractivity contribution in [3.63, 3.8) is 0 Å². The third-order valence-electron chi connectivity index (χ3n) is 1.98. The molecule has 0 bridgehead atoms. The first-order chi connectivity index (χ1) is 6.35. The SMILES string of the molecule is C=Cn1cnc2cc(OC)ccc21. The molecule has 0 radical (unpaired) electrons. The summed E-state index contributed by atoms with van der Waals surface area (Å²) in [6.45, 7) is 3.69. The number of ether oxygens (including phenoxy) is 1. The second-order valence-corrected chi connectivity index (χ2v) is 2.69. The van der Waals surface area contributed by atoms with Gasteiger partial charge in [-0.25, -0.2) is 4.98 Å². The maximum absolute atomic E-state index is 5.09. The quantitative estimate of drug-likeness (QED) is 0.697. The van der Waals surface area contributed by atoms with Crippen LogP contribution in [0.3, 0.4) is 0 Å². The molecule has 1 aromatic heterocycles. The van der Waals surface area contributed by atoms with E-state index in [0.717, 1.165) is 16.8 Å². The molecule has 2 aromatic rings. The van der Waals surface area contributed by atoms with Crippen LogP contribution in [-0.4, -0.2) is 16.7 Å². The number of imidazole rings is 1. The molecule has 0 N–H and O–H groups in total. The van der Waals surface area contributed by atoms with E-state index in [9.17, 15) is 0 Å². The predicted octanol–water partition coefficient (Wildman–Crippen LogP) is 2.15. The van der Waals surface area contributed by atoms with Crippen LogP contribution in [0.4, 0.5) is 0 Å². The van der Waals surface area contributed by atoms with Crippen molar-refractivity contribution in [3.05, 3.63) is 31.1 Å². The van der Waals surface area contributed by atoms with Gasteiger partial charge in [-0.1, -0.05) is 6.58 Å². The summed E-state index contributed by atoms with van der Waals surface area (Å²) in [4.78, 5) is 4.21. The molecule has 0 fully saturated rings. The maximum Gasteiger partial charge on any atom is 0.121 e. The summed E-state index contributed by atoms with van der Waals surface area (Å²) in [7, 11) is 1.64. The number of hydrogen-bond donors (Lipinski definition) is 0. The van der Waals surface area contributed by atoms with Gasteiger partial charge >= 0.3 is 0 Å². The molecule has 0 aliphatic rings. The van der Waals surface area contributed by atoms with Gasteiger partial charge in [0.1, 0.15) is 5.75 Å². The molecule has 0 aliphatic carbocycles. The fourth-order valence-electron chi connectivity index (χ4n) is 1.28. The molecule has 13 heavy (non-hydrogen) atoms. The third kappa shape index (κ3) is 1.18. The fraction of sp³-hybridized carbons (Fsp3) is 0.100. The van der Waals surface area contributed by atoms with Crippen LogP contribution in [0, 0.1) is 0 Å². The minimum Gasteiger partial charge on any atom is -0.497 e. The summed E-state index contributed by atoms with van der Waals surface area (Å²) in [5.74, 6) is 0.821. The van der Waals surface area contributed by atoms with Crippen LogP contribution in [0.1, 0.15) is 0 Å². The van der Waals surface area contributed by atoms with Crippen LogP contribution < -0.4 is 4.74 Å².